The van der Waals surface area contributed by atoms with Crippen molar-refractivity contribution >= 4 is 5.97 Å². The Hall–Kier alpha value is -1.76. The Morgan fingerprint density at radius 3 is 2.59 bits per heavy atom. The van der Waals surface area contributed by atoms with Gasteiger partial charge in [-0.3, -0.25) is 0 Å². The number of esters is 1. The van der Waals surface area contributed by atoms with Crippen molar-refractivity contribution in [2.45, 2.75) is 13.0 Å². The second kappa shape index (κ2) is 5.53. The lowest BCUT2D eigenvalue weighted by molar-refractivity contribution is 0.0586. The zero-order chi connectivity index (χ0) is 13.0. The lowest BCUT2D eigenvalue weighted by Gasteiger charge is -2.13. The first-order chi connectivity index (χ1) is 8.06. The molecule has 0 aliphatic rings. The SMILES string of the molecule is COC(=O)c1c(C(F)F)cnc(OC)c1CN. The van der Waals surface area contributed by atoms with Gasteiger partial charge in [-0.25, -0.2) is 18.6 Å². The number of nitrogens with two attached hydrogens (primary N) is 1. The van der Waals surface area contributed by atoms with Gasteiger partial charge in [0.15, 0.2) is 0 Å². The number of hydrogen-bond donors (Lipinski definition) is 1. The third-order valence-corrected chi connectivity index (χ3v) is 2.19. The van der Waals surface area contributed by atoms with Gasteiger partial charge in [-0.15, -0.1) is 0 Å². The Morgan fingerprint density at radius 2 is 2.18 bits per heavy atom. The van der Waals surface area contributed by atoms with Crippen molar-refractivity contribution in [1.29, 1.82) is 0 Å². The van der Waals surface area contributed by atoms with E-state index in [9.17, 15) is 13.6 Å². The largest absolute Gasteiger partial charge is 0.481 e. The number of halogens is 2. The maximum absolute atomic E-state index is 12.7. The number of alkyl halides is 2. The van der Waals surface area contributed by atoms with E-state index in [0.717, 1.165) is 13.3 Å². The van der Waals surface area contributed by atoms with Crippen molar-refractivity contribution in [2.75, 3.05) is 14.2 Å². The predicted molar refractivity (Wildman–Crippen MR) is 55.0 cm³/mol. The molecule has 5 nitrogen and oxygen atoms in total. The number of carbonyl (C=O) groups excluding carboxylic acids is 1. The highest BCUT2D eigenvalue weighted by atomic mass is 19.3. The van der Waals surface area contributed by atoms with Gasteiger partial charge in [0.25, 0.3) is 6.43 Å². The molecule has 1 aromatic heterocycles. The molecule has 7 heteroatoms. The molecule has 0 saturated carbocycles. The fraction of sp³-hybridized carbons (Fsp3) is 0.400. The van der Waals surface area contributed by atoms with Gasteiger partial charge in [0.2, 0.25) is 5.88 Å². The fourth-order valence-electron chi connectivity index (χ4n) is 1.43. The topological polar surface area (TPSA) is 74.4 Å². The first-order valence-electron chi connectivity index (χ1n) is 4.69. The summed E-state index contributed by atoms with van der Waals surface area (Å²) in [5.41, 5.74) is 4.73. The van der Waals surface area contributed by atoms with Crippen molar-refractivity contribution in [2.24, 2.45) is 5.73 Å². The van der Waals surface area contributed by atoms with Gasteiger partial charge >= 0.3 is 5.97 Å². The average molecular weight is 246 g/mol. The standard InChI is InChI=1S/C10H12F2N2O3/c1-16-9-5(3-13)7(10(15)17-2)6(4-14-9)8(11)12/h4,8H,3,13H2,1-2H3. The number of aromatic nitrogens is 1. The van der Waals surface area contributed by atoms with Gasteiger partial charge < -0.3 is 15.2 Å². The number of ether oxygens (including phenoxy) is 2. The second-order valence-electron chi connectivity index (χ2n) is 3.07. The molecule has 0 amide bonds. The van der Waals surface area contributed by atoms with E-state index in [0.29, 0.717) is 0 Å². The summed E-state index contributed by atoms with van der Waals surface area (Å²) in [5, 5.41) is 0. The van der Waals surface area contributed by atoms with Crippen molar-refractivity contribution < 1.29 is 23.0 Å². The Balaban J connectivity index is 3.50. The number of nitrogens with zero attached hydrogens (tertiary/aromatic N) is 1. The fourth-order valence-corrected chi connectivity index (χ4v) is 1.43. The van der Waals surface area contributed by atoms with E-state index in [1.807, 2.05) is 0 Å². The van der Waals surface area contributed by atoms with Crippen LogP contribution in [0.1, 0.15) is 27.9 Å². The van der Waals surface area contributed by atoms with Crippen molar-refractivity contribution in [1.82, 2.24) is 4.98 Å². The van der Waals surface area contributed by atoms with Crippen LogP contribution in [0.3, 0.4) is 0 Å². The molecule has 0 spiro atoms. The van der Waals surface area contributed by atoms with Crippen molar-refractivity contribution in [3.05, 3.63) is 22.9 Å². The molecule has 0 aromatic carbocycles. The van der Waals surface area contributed by atoms with Crippen molar-refractivity contribution in [3.8, 4) is 5.88 Å². The van der Waals surface area contributed by atoms with E-state index in [2.05, 4.69) is 9.72 Å². The van der Waals surface area contributed by atoms with Crippen LogP contribution in [-0.2, 0) is 11.3 Å². The summed E-state index contributed by atoms with van der Waals surface area (Å²) >= 11 is 0. The second-order valence-corrected chi connectivity index (χ2v) is 3.07. The Bertz CT molecular complexity index is 424. The molecule has 1 aromatic rings. The summed E-state index contributed by atoms with van der Waals surface area (Å²) in [6, 6.07) is 0. The van der Waals surface area contributed by atoms with Gasteiger partial charge in [0, 0.05) is 18.3 Å². The molecule has 0 saturated heterocycles. The summed E-state index contributed by atoms with van der Waals surface area (Å²) in [6.45, 7) is -0.152. The highest BCUT2D eigenvalue weighted by Crippen LogP contribution is 2.29. The van der Waals surface area contributed by atoms with Crippen LogP contribution in [0.4, 0.5) is 8.78 Å². The maximum Gasteiger partial charge on any atom is 0.338 e. The minimum Gasteiger partial charge on any atom is -0.481 e. The quantitative estimate of drug-likeness (QED) is 0.810. The van der Waals surface area contributed by atoms with E-state index in [-0.39, 0.29) is 23.6 Å². The van der Waals surface area contributed by atoms with E-state index >= 15 is 0 Å². The molecule has 0 atom stereocenters. The highest BCUT2D eigenvalue weighted by Gasteiger charge is 2.25. The van der Waals surface area contributed by atoms with Crippen LogP contribution in [-0.4, -0.2) is 25.2 Å². The number of carbonyl (C=O) groups is 1. The van der Waals surface area contributed by atoms with E-state index in [1.54, 1.807) is 0 Å². The smallest absolute Gasteiger partial charge is 0.338 e. The molecule has 0 bridgehead atoms. The first kappa shape index (κ1) is 13.3. The molecule has 0 aliphatic heterocycles. The van der Waals surface area contributed by atoms with Crippen LogP contribution in [0.15, 0.2) is 6.20 Å². The lowest BCUT2D eigenvalue weighted by Crippen LogP contribution is -2.15. The van der Waals surface area contributed by atoms with Crippen LogP contribution in [0.5, 0.6) is 5.88 Å². The summed E-state index contributed by atoms with van der Waals surface area (Å²) < 4.78 is 34.8. The molecule has 94 valence electrons. The maximum atomic E-state index is 12.7. The molecule has 0 radical (unpaired) electrons. The zero-order valence-electron chi connectivity index (χ0n) is 9.37. The number of rotatable bonds is 4. The van der Waals surface area contributed by atoms with Crippen molar-refractivity contribution in [3.63, 3.8) is 0 Å². The summed E-state index contributed by atoms with van der Waals surface area (Å²) in [6.07, 6.45) is -1.96. The lowest BCUT2D eigenvalue weighted by atomic mass is 10.0. The molecular formula is C10H12F2N2O3. The van der Waals surface area contributed by atoms with Crippen LogP contribution in [0.2, 0.25) is 0 Å². The third kappa shape index (κ3) is 2.50. The molecule has 0 fully saturated rings. The van der Waals surface area contributed by atoms with Gasteiger partial charge in [-0.1, -0.05) is 0 Å². The molecule has 1 rings (SSSR count). The number of pyridine rings is 1. The van der Waals surface area contributed by atoms with Gasteiger partial charge in [0.1, 0.15) is 0 Å². The highest BCUT2D eigenvalue weighted by molar-refractivity contribution is 5.93. The van der Waals surface area contributed by atoms with Crippen LogP contribution >= 0.6 is 0 Å². The van der Waals surface area contributed by atoms with E-state index < -0.39 is 18.0 Å². The number of methoxy groups -OCH3 is 2. The minimum absolute atomic E-state index is 0.0392. The van der Waals surface area contributed by atoms with E-state index in [1.165, 1.54) is 7.11 Å². The Kier molecular flexibility index (Phi) is 4.33. The van der Waals surface area contributed by atoms with Crippen LogP contribution < -0.4 is 10.5 Å². The molecule has 2 N–H and O–H groups in total. The molecule has 0 unspecified atom stereocenters. The monoisotopic (exact) mass is 246 g/mol. The van der Waals surface area contributed by atoms with Crippen LogP contribution in [0, 0.1) is 0 Å². The summed E-state index contributed by atoms with van der Waals surface area (Å²) in [5.74, 6) is -0.848. The summed E-state index contributed by atoms with van der Waals surface area (Å²) in [4.78, 5) is 15.2. The normalized spacial score (nSPS) is 10.5. The van der Waals surface area contributed by atoms with Gasteiger partial charge in [0.05, 0.1) is 25.3 Å². The molecule has 17 heavy (non-hydrogen) atoms. The Labute approximate surface area is 96.5 Å². The van der Waals surface area contributed by atoms with Crippen LogP contribution in [0.25, 0.3) is 0 Å². The minimum atomic E-state index is -2.84. The third-order valence-electron chi connectivity index (χ3n) is 2.19. The van der Waals surface area contributed by atoms with Gasteiger partial charge in [-0.2, -0.15) is 0 Å². The Morgan fingerprint density at radius 1 is 1.53 bits per heavy atom. The summed E-state index contributed by atoms with van der Waals surface area (Å²) in [7, 11) is 2.41. The average Bonchev–Trinajstić information content (AvgIpc) is 2.35. The molecule has 0 aliphatic carbocycles. The molecular weight excluding hydrogens is 234 g/mol. The first-order valence-corrected chi connectivity index (χ1v) is 4.69. The van der Waals surface area contributed by atoms with Gasteiger partial charge in [-0.05, 0) is 0 Å². The molecule has 1 heterocycles. The number of hydrogen-bond acceptors (Lipinski definition) is 5. The predicted octanol–water partition coefficient (Wildman–Crippen LogP) is 1.27. The van der Waals surface area contributed by atoms with E-state index in [4.69, 9.17) is 10.5 Å². The zero-order valence-corrected chi connectivity index (χ0v) is 9.37.